The molecule has 0 heterocycles. The van der Waals surface area contributed by atoms with Crippen LogP contribution < -0.4 is 0 Å². The van der Waals surface area contributed by atoms with Gasteiger partial charge in [0.15, 0.2) is 6.10 Å². The largest absolute Gasteiger partial charge is 0.472 e. The number of aliphatic hydroxyl groups is 2. The summed E-state index contributed by atoms with van der Waals surface area (Å²) in [5.74, 6) is -1.81. The van der Waals surface area contributed by atoms with Crippen LogP contribution in [0.1, 0.15) is 213 Å². The second-order valence-corrected chi connectivity index (χ2v) is 25.8. The Kier molecular flexibility index (Phi) is 67.2. The SMILES string of the molecule is CC/C=C\C/C=C\C/C=C\C/C=C\C/C=C\C/C=C\CCCCCCCCC(=O)OCC(O)COP(=O)(O)OCC(O)COP(=O)(O)OCC(COC(=O)CC/C=C\C/C=C\C/C=C\C/C=C\C/C=C\C/C=C\CC)OC(=O)CC/C=C\C/C=C\C/C=C\C/C=C\C/C=C\C/C=C\CC. The highest BCUT2D eigenvalue weighted by atomic mass is 31.2. The lowest BCUT2D eigenvalue weighted by Crippen LogP contribution is -2.29. The van der Waals surface area contributed by atoms with E-state index in [1.165, 1.54) is 0 Å². The summed E-state index contributed by atoms with van der Waals surface area (Å²) in [7, 11) is -9.86. The summed E-state index contributed by atoms with van der Waals surface area (Å²) < 4.78 is 60.8. The van der Waals surface area contributed by atoms with Crippen LogP contribution in [0.2, 0.25) is 0 Å². The maximum atomic E-state index is 12.9. The number of phosphoric ester groups is 2. The number of hydrogen-bond acceptors (Lipinski definition) is 14. The number of carbonyl (C=O) groups is 3. The highest BCUT2D eigenvalue weighted by Gasteiger charge is 2.29. The number of ether oxygens (including phenoxy) is 3. The van der Waals surface area contributed by atoms with Gasteiger partial charge >= 0.3 is 33.6 Å². The molecule has 0 spiro atoms. The van der Waals surface area contributed by atoms with Crippen molar-refractivity contribution >= 4 is 33.6 Å². The van der Waals surface area contributed by atoms with E-state index in [0.717, 1.165) is 141 Å². The van der Waals surface area contributed by atoms with Gasteiger partial charge in [0.2, 0.25) is 0 Å². The first-order valence-electron chi connectivity index (χ1n) is 36.0. The number of esters is 3. The van der Waals surface area contributed by atoms with Gasteiger partial charge in [-0.25, -0.2) is 9.13 Å². The smallest absolute Gasteiger partial charge is 0.463 e. The van der Waals surface area contributed by atoms with Crippen molar-refractivity contribution in [3.8, 4) is 0 Å². The predicted molar refractivity (Wildman–Crippen MR) is 407 cm³/mol. The molecular formula is C81H124O16P2. The molecule has 0 rings (SSSR count). The zero-order chi connectivity index (χ0) is 72.3. The molecule has 0 fully saturated rings. The standard InChI is InChI=1S/C81H124O16P2/c1-4-7-10-13-16-19-22-25-28-31-34-35-36-37-38-39-42-44-46-49-52-55-58-61-64-67-79(84)91-70-76(82)71-93-98(87,88)94-72-77(83)73-95-99(89,90)96-75-78(97-81(86)69-66-63-60-57-54-51-48-45-41-33-30-27-24-21-18-15-12-9-6-3)74-92-80(85)68-65-62-59-56-53-50-47-43-40-32-29-26-23-20-17-14-11-8-5-2/h7-12,16-21,25-30,34-35,37-38,40-45,50-51,53-54,59-60,62-63,76-78,82-83H,4-6,13-15,22-24,31-33,36,39,46-49,52,55-58,61,64-75H2,1-3H3,(H,87,88)(H,89,90)/b10-7-,11-8-,12-9-,19-16-,20-17-,21-18-,28-25-,29-26-,30-27-,35-34-,38-37-,43-40-,44-42-,45-41-,53-50-,54-51-,62-59-,63-60-. The average molecular weight is 1420 g/mol. The van der Waals surface area contributed by atoms with Crippen LogP contribution in [-0.2, 0) is 55.8 Å². The molecule has 0 amide bonds. The van der Waals surface area contributed by atoms with Gasteiger partial charge in [-0.1, -0.05) is 265 Å². The van der Waals surface area contributed by atoms with Crippen LogP contribution >= 0.6 is 15.6 Å². The van der Waals surface area contributed by atoms with Gasteiger partial charge in [0.1, 0.15) is 25.4 Å². The summed E-state index contributed by atoms with van der Waals surface area (Å²) in [5, 5.41) is 20.6. The van der Waals surface area contributed by atoms with Crippen molar-refractivity contribution < 1.29 is 75.8 Å². The van der Waals surface area contributed by atoms with E-state index in [0.29, 0.717) is 32.1 Å². The van der Waals surface area contributed by atoms with Gasteiger partial charge in [-0.05, 0) is 148 Å². The molecule has 0 aliphatic carbocycles. The average Bonchev–Trinajstić information content (AvgIpc) is 2.90. The van der Waals surface area contributed by atoms with Gasteiger partial charge in [-0.2, -0.15) is 0 Å². The fourth-order valence-corrected chi connectivity index (χ4v) is 9.91. The zero-order valence-corrected chi connectivity index (χ0v) is 61.8. The molecule has 4 N–H and O–H groups in total. The second-order valence-electron chi connectivity index (χ2n) is 22.9. The minimum Gasteiger partial charge on any atom is -0.463 e. The summed E-state index contributed by atoms with van der Waals surface area (Å²) >= 11 is 0. The molecule has 99 heavy (non-hydrogen) atoms. The molecule has 0 saturated heterocycles. The zero-order valence-electron chi connectivity index (χ0n) is 60.1. The Morgan fingerprint density at radius 2 is 0.525 bits per heavy atom. The number of phosphoric acid groups is 2. The number of allylic oxidation sites excluding steroid dienone is 36. The third-order valence-electron chi connectivity index (χ3n) is 13.7. The van der Waals surface area contributed by atoms with E-state index in [1.807, 2.05) is 36.5 Å². The maximum absolute atomic E-state index is 12.9. The molecule has 0 aromatic heterocycles. The fourth-order valence-electron chi connectivity index (χ4n) is 8.33. The van der Waals surface area contributed by atoms with Crippen LogP contribution in [0.3, 0.4) is 0 Å². The van der Waals surface area contributed by atoms with Gasteiger partial charge < -0.3 is 34.2 Å². The van der Waals surface area contributed by atoms with Crippen LogP contribution in [0.15, 0.2) is 219 Å². The van der Waals surface area contributed by atoms with Crippen LogP contribution in [0.25, 0.3) is 0 Å². The number of rotatable bonds is 65. The number of carbonyl (C=O) groups excluding carboxylic acids is 3. The van der Waals surface area contributed by atoms with Gasteiger partial charge in [-0.15, -0.1) is 0 Å². The minimum atomic E-state index is -4.98. The van der Waals surface area contributed by atoms with Crippen molar-refractivity contribution in [2.45, 2.75) is 232 Å². The first-order chi connectivity index (χ1) is 48.2. The summed E-state index contributed by atoms with van der Waals surface area (Å²) in [6.45, 7) is 2.08. The Morgan fingerprint density at radius 3 is 0.859 bits per heavy atom. The van der Waals surface area contributed by atoms with Crippen LogP contribution in [-0.4, -0.2) is 95.9 Å². The van der Waals surface area contributed by atoms with Crippen molar-refractivity contribution in [2.24, 2.45) is 0 Å². The molecule has 554 valence electrons. The monoisotopic (exact) mass is 1410 g/mol. The molecule has 0 saturated carbocycles. The Bertz CT molecular complexity index is 2680. The van der Waals surface area contributed by atoms with Crippen LogP contribution in [0.5, 0.6) is 0 Å². The highest BCUT2D eigenvalue weighted by Crippen LogP contribution is 2.45. The van der Waals surface area contributed by atoms with E-state index in [-0.39, 0.29) is 19.3 Å². The fraction of sp³-hybridized carbons (Fsp3) is 0.519. The first-order valence-corrected chi connectivity index (χ1v) is 39.0. The molecule has 5 unspecified atom stereocenters. The number of unbranched alkanes of at least 4 members (excludes halogenated alkanes) is 6. The second kappa shape index (κ2) is 71.7. The van der Waals surface area contributed by atoms with E-state index in [4.69, 9.17) is 32.3 Å². The quantitative estimate of drug-likeness (QED) is 0.0146. The molecule has 0 aromatic carbocycles. The third kappa shape index (κ3) is 72.9. The summed E-state index contributed by atoms with van der Waals surface area (Å²) in [6.07, 6.45) is 95.9. The Labute approximate surface area is 596 Å². The summed E-state index contributed by atoms with van der Waals surface area (Å²) in [5.41, 5.74) is 0. The lowest BCUT2D eigenvalue weighted by molar-refractivity contribution is -0.161. The van der Waals surface area contributed by atoms with Crippen LogP contribution in [0.4, 0.5) is 0 Å². The molecule has 0 aliphatic rings. The lowest BCUT2D eigenvalue weighted by Gasteiger charge is -2.21. The first kappa shape index (κ1) is 92.9. The van der Waals surface area contributed by atoms with E-state index in [9.17, 15) is 43.5 Å². The molecule has 5 atom stereocenters. The van der Waals surface area contributed by atoms with E-state index >= 15 is 0 Å². The molecule has 0 aliphatic heterocycles. The Hall–Kier alpha value is -6.13. The van der Waals surface area contributed by atoms with E-state index in [2.05, 4.69) is 203 Å². The summed E-state index contributed by atoms with van der Waals surface area (Å²) in [6, 6.07) is 0. The van der Waals surface area contributed by atoms with Gasteiger partial charge in [0, 0.05) is 19.3 Å². The van der Waals surface area contributed by atoms with Crippen molar-refractivity contribution in [3.63, 3.8) is 0 Å². The van der Waals surface area contributed by atoms with Gasteiger partial charge in [-0.3, -0.25) is 32.5 Å². The maximum Gasteiger partial charge on any atom is 0.472 e. The number of aliphatic hydroxyl groups excluding tert-OH is 2. The van der Waals surface area contributed by atoms with E-state index < -0.39 is 91.5 Å². The Balaban J connectivity index is 4.82. The molecule has 18 heteroatoms. The molecule has 0 aromatic rings. The van der Waals surface area contributed by atoms with Crippen molar-refractivity contribution in [2.75, 3.05) is 39.6 Å². The highest BCUT2D eigenvalue weighted by molar-refractivity contribution is 7.47. The molecule has 0 bridgehead atoms. The van der Waals surface area contributed by atoms with E-state index in [1.54, 1.807) is 0 Å². The van der Waals surface area contributed by atoms with Crippen molar-refractivity contribution in [1.29, 1.82) is 0 Å². The molecule has 0 radical (unpaired) electrons. The Morgan fingerprint density at radius 1 is 0.283 bits per heavy atom. The van der Waals surface area contributed by atoms with Crippen molar-refractivity contribution in [1.82, 2.24) is 0 Å². The van der Waals surface area contributed by atoms with Crippen LogP contribution in [0, 0.1) is 0 Å². The topological polar surface area (TPSA) is 231 Å². The summed E-state index contributed by atoms with van der Waals surface area (Å²) in [4.78, 5) is 58.4. The van der Waals surface area contributed by atoms with Gasteiger partial charge in [0.05, 0.1) is 26.4 Å². The van der Waals surface area contributed by atoms with Crippen molar-refractivity contribution in [3.05, 3.63) is 219 Å². The van der Waals surface area contributed by atoms with Gasteiger partial charge in [0.25, 0.3) is 0 Å². The third-order valence-corrected chi connectivity index (χ3v) is 15.6. The lowest BCUT2D eigenvalue weighted by atomic mass is 10.1. The molecular weight excluding hydrogens is 1290 g/mol. The number of hydrogen-bond donors (Lipinski definition) is 4. The minimum absolute atomic E-state index is 0.0187. The predicted octanol–water partition coefficient (Wildman–Crippen LogP) is 20.7. The molecule has 16 nitrogen and oxygen atoms in total. The normalized spacial score (nSPS) is 15.3.